The van der Waals surface area contributed by atoms with Gasteiger partial charge in [-0.3, -0.25) is 0 Å². The summed E-state index contributed by atoms with van der Waals surface area (Å²) in [6, 6.07) is 5.91. The fourth-order valence-electron chi connectivity index (χ4n) is 2.09. The van der Waals surface area contributed by atoms with Gasteiger partial charge in [0.25, 0.3) is 0 Å². The highest BCUT2D eigenvalue weighted by atomic mass is 16.3. The molecular weight excluding hydrogens is 238 g/mol. The molecule has 1 aromatic carbocycles. The van der Waals surface area contributed by atoms with Crippen LogP contribution in [0.4, 0.5) is 0 Å². The Morgan fingerprint density at radius 2 is 1.79 bits per heavy atom. The number of hydrogen-bond donors (Lipinski definition) is 2. The summed E-state index contributed by atoms with van der Waals surface area (Å²) in [5, 5.41) is 13.1. The van der Waals surface area contributed by atoms with Crippen LogP contribution in [0.2, 0.25) is 0 Å². The molecule has 2 rings (SSSR count). The zero-order valence-electron chi connectivity index (χ0n) is 11.6. The average molecular weight is 257 g/mol. The first kappa shape index (κ1) is 13.5. The molecule has 0 aliphatic heterocycles. The molecule has 2 aromatic rings. The lowest BCUT2D eigenvalue weighted by Crippen LogP contribution is -2.14. The van der Waals surface area contributed by atoms with Crippen LogP contribution in [-0.2, 0) is 13.1 Å². The Hall–Kier alpha value is -1.94. The summed E-state index contributed by atoms with van der Waals surface area (Å²) in [6.07, 6.45) is 1.77. The second kappa shape index (κ2) is 5.80. The molecule has 1 aromatic heterocycles. The third kappa shape index (κ3) is 3.51. The van der Waals surface area contributed by atoms with E-state index in [0.717, 1.165) is 29.2 Å². The van der Waals surface area contributed by atoms with Gasteiger partial charge in [0.15, 0.2) is 0 Å². The molecule has 19 heavy (non-hydrogen) atoms. The SMILES string of the molecule is Cc1nccc(CNCc2cc(C)c(O)c(C)c2)n1. The van der Waals surface area contributed by atoms with Crippen molar-refractivity contribution in [2.75, 3.05) is 0 Å². The van der Waals surface area contributed by atoms with Gasteiger partial charge >= 0.3 is 0 Å². The smallest absolute Gasteiger partial charge is 0.125 e. The van der Waals surface area contributed by atoms with Crippen LogP contribution < -0.4 is 5.32 Å². The maximum absolute atomic E-state index is 9.73. The number of phenols is 1. The predicted molar refractivity (Wildman–Crippen MR) is 74.9 cm³/mol. The van der Waals surface area contributed by atoms with Gasteiger partial charge in [0.2, 0.25) is 0 Å². The van der Waals surface area contributed by atoms with Gasteiger partial charge in [0.1, 0.15) is 11.6 Å². The standard InChI is InChI=1S/C15H19N3O/c1-10-6-13(7-11(2)15(10)19)8-16-9-14-4-5-17-12(3)18-14/h4-7,16,19H,8-9H2,1-3H3. The number of aromatic nitrogens is 2. The van der Waals surface area contributed by atoms with Crippen LogP contribution in [0.25, 0.3) is 0 Å². The summed E-state index contributed by atoms with van der Waals surface area (Å²) >= 11 is 0. The Morgan fingerprint density at radius 1 is 1.11 bits per heavy atom. The Bertz CT molecular complexity index is 558. The Morgan fingerprint density at radius 3 is 2.42 bits per heavy atom. The monoisotopic (exact) mass is 257 g/mol. The quantitative estimate of drug-likeness (QED) is 0.883. The summed E-state index contributed by atoms with van der Waals surface area (Å²) < 4.78 is 0. The van der Waals surface area contributed by atoms with Crippen molar-refractivity contribution < 1.29 is 5.11 Å². The van der Waals surface area contributed by atoms with Gasteiger partial charge in [-0.15, -0.1) is 0 Å². The summed E-state index contributed by atoms with van der Waals surface area (Å²) in [5.41, 5.74) is 3.97. The van der Waals surface area contributed by atoms with Crippen molar-refractivity contribution in [2.45, 2.75) is 33.9 Å². The van der Waals surface area contributed by atoms with E-state index in [0.29, 0.717) is 12.3 Å². The maximum atomic E-state index is 9.73. The van der Waals surface area contributed by atoms with Crippen molar-refractivity contribution in [1.82, 2.24) is 15.3 Å². The molecular formula is C15H19N3O. The zero-order valence-corrected chi connectivity index (χ0v) is 11.6. The van der Waals surface area contributed by atoms with Crippen LogP contribution in [0.3, 0.4) is 0 Å². The number of nitrogens with one attached hydrogen (secondary N) is 1. The molecule has 0 aliphatic carbocycles. The summed E-state index contributed by atoms with van der Waals surface area (Å²) in [7, 11) is 0. The van der Waals surface area contributed by atoms with Gasteiger partial charge in [-0.25, -0.2) is 9.97 Å². The molecule has 4 nitrogen and oxygen atoms in total. The largest absolute Gasteiger partial charge is 0.507 e. The lowest BCUT2D eigenvalue weighted by atomic mass is 10.1. The van der Waals surface area contributed by atoms with Crippen molar-refractivity contribution in [3.8, 4) is 5.75 Å². The van der Waals surface area contributed by atoms with Gasteiger partial charge in [-0.1, -0.05) is 12.1 Å². The third-order valence-corrected chi connectivity index (χ3v) is 3.02. The summed E-state index contributed by atoms with van der Waals surface area (Å²) in [6.45, 7) is 7.18. The minimum atomic E-state index is 0.384. The number of rotatable bonds is 4. The molecule has 1 heterocycles. The first-order valence-corrected chi connectivity index (χ1v) is 6.34. The molecule has 0 atom stereocenters. The van der Waals surface area contributed by atoms with Gasteiger partial charge in [0, 0.05) is 19.3 Å². The van der Waals surface area contributed by atoms with Gasteiger partial charge < -0.3 is 10.4 Å². The van der Waals surface area contributed by atoms with E-state index in [2.05, 4.69) is 15.3 Å². The second-order valence-electron chi connectivity index (χ2n) is 4.78. The average Bonchev–Trinajstić information content (AvgIpc) is 2.36. The summed E-state index contributed by atoms with van der Waals surface area (Å²) in [4.78, 5) is 8.41. The Kier molecular flexibility index (Phi) is 4.12. The fraction of sp³-hybridized carbons (Fsp3) is 0.333. The van der Waals surface area contributed by atoms with E-state index in [9.17, 15) is 5.11 Å². The van der Waals surface area contributed by atoms with Crippen LogP contribution in [0.1, 0.15) is 28.2 Å². The summed E-state index contributed by atoms with van der Waals surface area (Å²) in [5.74, 6) is 1.17. The van der Waals surface area contributed by atoms with Crippen molar-refractivity contribution in [2.24, 2.45) is 0 Å². The van der Waals surface area contributed by atoms with E-state index in [4.69, 9.17) is 0 Å². The molecule has 0 amide bonds. The first-order valence-electron chi connectivity index (χ1n) is 6.34. The van der Waals surface area contributed by atoms with Crippen LogP contribution in [0, 0.1) is 20.8 Å². The lowest BCUT2D eigenvalue weighted by molar-refractivity contribution is 0.466. The number of benzene rings is 1. The van der Waals surface area contributed by atoms with E-state index in [1.807, 2.05) is 39.0 Å². The van der Waals surface area contributed by atoms with E-state index in [-0.39, 0.29) is 0 Å². The Labute approximate surface area is 113 Å². The van der Waals surface area contributed by atoms with Gasteiger partial charge in [0.05, 0.1) is 5.69 Å². The molecule has 0 unspecified atom stereocenters. The minimum Gasteiger partial charge on any atom is -0.507 e. The van der Waals surface area contributed by atoms with Gasteiger partial charge in [-0.2, -0.15) is 0 Å². The van der Waals surface area contributed by atoms with Crippen molar-refractivity contribution in [1.29, 1.82) is 0 Å². The van der Waals surface area contributed by atoms with Crippen molar-refractivity contribution in [3.63, 3.8) is 0 Å². The Balaban J connectivity index is 1.96. The molecule has 0 saturated heterocycles. The normalized spacial score (nSPS) is 10.7. The highest BCUT2D eigenvalue weighted by Crippen LogP contribution is 2.22. The third-order valence-electron chi connectivity index (χ3n) is 3.02. The zero-order chi connectivity index (χ0) is 13.8. The number of nitrogens with zero attached hydrogens (tertiary/aromatic N) is 2. The van der Waals surface area contributed by atoms with Crippen LogP contribution in [-0.4, -0.2) is 15.1 Å². The molecule has 2 N–H and O–H groups in total. The van der Waals surface area contributed by atoms with Gasteiger partial charge in [-0.05, 0) is 43.5 Å². The molecule has 0 radical (unpaired) electrons. The molecule has 100 valence electrons. The van der Waals surface area contributed by atoms with E-state index < -0.39 is 0 Å². The fourth-order valence-corrected chi connectivity index (χ4v) is 2.09. The molecule has 0 saturated carbocycles. The van der Waals surface area contributed by atoms with E-state index in [1.165, 1.54) is 5.56 Å². The molecule has 0 spiro atoms. The number of phenolic OH excluding ortho intramolecular Hbond substituents is 1. The topological polar surface area (TPSA) is 58.0 Å². The van der Waals surface area contributed by atoms with Crippen LogP contribution in [0.15, 0.2) is 24.4 Å². The molecule has 0 fully saturated rings. The van der Waals surface area contributed by atoms with Crippen molar-refractivity contribution >= 4 is 0 Å². The number of aromatic hydroxyl groups is 1. The molecule has 4 heteroatoms. The second-order valence-corrected chi connectivity index (χ2v) is 4.78. The highest BCUT2D eigenvalue weighted by Gasteiger charge is 2.03. The lowest BCUT2D eigenvalue weighted by Gasteiger charge is -2.09. The highest BCUT2D eigenvalue weighted by molar-refractivity contribution is 5.42. The molecule has 0 bridgehead atoms. The van der Waals surface area contributed by atoms with E-state index >= 15 is 0 Å². The predicted octanol–water partition coefficient (Wildman–Crippen LogP) is 2.40. The number of aryl methyl sites for hydroxylation is 3. The first-order chi connectivity index (χ1) is 9.06. The van der Waals surface area contributed by atoms with Crippen molar-refractivity contribution in [3.05, 3.63) is 52.6 Å². The molecule has 0 aliphatic rings. The van der Waals surface area contributed by atoms with E-state index in [1.54, 1.807) is 6.20 Å². The minimum absolute atomic E-state index is 0.384. The van der Waals surface area contributed by atoms with Crippen LogP contribution >= 0.6 is 0 Å². The maximum Gasteiger partial charge on any atom is 0.125 e. The number of hydrogen-bond acceptors (Lipinski definition) is 4. The van der Waals surface area contributed by atoms with Crippen LogP contribution in [0.5, 0.6) is 5.75 Å².